The lowest BCUT2D eigenvalue weighted by Crippen LogP contribution is -1.93. The van der Waals surface area contributed by atoms with Gasteiger partial charge in [-0.15, -0.1) is 0 Å². The molecule has 1 heterocycles. The van der Waals surface area contributed by atoms with Crippen LogP contribution in [-0.2, 0) is 6.42 Å². The molecule has 3 rings (SSSR count). The Balaban J connectivity index is 1.93. The molecule has 2 aromatic carbocycles. The minimum Gasteiger partial charge on any atom is -0.454 e. The van der Waals surface area contributed by atoms with Crippen molar-refractivity contribution < 1.29 is 9.47 Å². The Kier molecular flexibility index (Phi) is 2.48. The smallest absolute Gasteiger partial charge is 0.231 e. The number of hydrogen-bond acceptors (Lipinski definition) is 2. The van der Waals surface area contributed by atoms with Gasteiger partial charge in [0.2, 0.25) is 6.79 Å². The molecule has 17 heavy (non-hydrogen) atoms. The zero-order valence-corrected chi connectivity index (χ0v) is 9.77. The van der Waals surface area contributed by atoms with Crippen LogP contribution in [0.2, 0.25) is 0 Å². The lowest BCUT2D eigenvalue weighted by atomic mass is 10.00. The van der Waals surface area contributed by atoms with Gasteiger partial charge in [-0.05, 0) is 42.2 Å². The van der Waals surface area contributed by atoms with Gasteiger partial charge in [0, 0.05) is 0 Å². The first-order valence-electron chi connectivity index (χ1n) is 5.76. The maximum absolute atomic E-state index is 5.41. The normalized spacial score (nSPS) is 12.8. The highest BCUT2D eigenvalue weighted by molar-refractivity contribution is 5.49. The Hall–Kier alpha value is -1.96. The number of rotatable bonds is 2. The second-order valence-corrected chi connectivity index (χ2v) is 4.29. The quantitative estimate of drug-likeness (QED) is 0.782. The van der Waals surface area contributed by atoms with Crippen LogP contribution in [-0.4, -0.2) is 6.79 Å². The molecule has 2 heteroatoms. The van der Waals surface area contributed by atoms with E-state index in [1.54, 1.807) is 0 Å². The molecule has 0 spiro atoms. The van der Waals surface area contributed by atoms with Crippen molar-refractivity contribution in [1.29, 1.82) is 0 Å². The van der Waals surface area contributed by atoms with Crippen LogP contribution in [0.1, 0.15) is 16.7 Å². The molecule has 0 unspecified atom stereocenters. The highest BCUT2D eigenvalue weighted by atomic mass is 16.7. The van der Waals surface area contributed by atoms with E-state index >= 15 is 0 Å². The van der Waals surface area contributed by atoms with E-state index < -0.39 is 0 Å². The van der Waals surface area contributed by atoms with Gasteiger partial charge in [-0.1, -0.05) is 30.3 Å². The zero-order chi connectivity index (χ0) is 11.7. The van der Waals surface area contributed by atoms with Crippen LogP contribution in [0.25, 0.3) is 0 Å². The van der Waals surface area contributed by atoms with Gasteiger partial charge >= 0.3 is 0 Å². The Bertz CT molecular complexity index is 532. The van der Waals surface area contributed by atoms with E-state index in [0.29, 0.717) is 6.79 Å². The predicted molar refractivity (Wildman–Crippen MR) is 66.6 cm³/mol. The lowest BCUT2D eigenvalue weighted by Gasteiger charge is -2.07. The first-order chi connectivity index (χ1) is 8.33. The van der Waals surface area contributed by atoms with Crippen LogP contribution < -0.4 is 9.47 Å². The standard InChI is InChI=1S/C15H14O2/c1-11-7-14-15(17-10-16-14)9-13(11)8-12-5-3-2-4-6-12/h2-7,9H,8,10H2,1H3. The number of ether oxygens (including phenoxy) is 2. The van der Waals surface area contributed by atoms with Gasteiger partial charge in [-0.2, -0.15) is 0 Å². The van der Waals surface area contributed by atoms with Crippen LogP contribution in [0.3, 0.4) is 0 Å². The molecular weight excluding hydrogens is 212 g/mol. The molecule has 0 fully saturated rings. The Labute approximate surface area is 101 Å². The van der Waals surface area contributed by atoms with Gasteiger partial charge in [-0.3, -0.25) is 0 Å². The van der Waals surface area contributed by atoms with Gasteiger partial charge in [0.1, 0.15) is 0 Å². The topological polar surface area (TPSA) is 18.5 Å². The third kappa shape index (κ3) is 1.98. The summed E-state index contributed by atoms with van der Waals surface area (Å²) in [7, 11) is 0. The van der Waals surface area contributed by atoms with Crippen LogP contribution in [0.4, 0.5) is 0 Å². The van der Waals surface area contributed by atoms with Crippen LogP contribution >= 0.6 is 0 Å². The van der Waals surface area contributed by atoms with Gasteiger partial charge in [0.15, 0.2) is 11.5 Å². The van der Waals surface area contributed by atoms with E-state index in [1.165, 1.54) is 16.7 Å². The average Bonchev–Trinajstić information content (AvgIpc) is 2.78. The Morgan fingerprint density at radius 3 is 2.47 bits per heavy atom. The molecule has 1 aliphatic heterocycles. The summed E-state index contributed by atoms with van der Waals surface area (Å²) in [6, 6.07) is 14.6. The summed E-state index contributed by atoms with van der Waals surface area (Å²) < 4.78 is 10.8. The monoisotopic (exact) mass is 226 g/mol. The fourth-order valence-electron chi connectivity index (χ4n) is 2.09. The van der Waals surface area contributed by atoms with E-state index in [1.807, 2.05) is 6.07 Å². The van der Waals surface area contributed by atoms with Crippen molar-refractivity contribution in [2.24, 2.45) is 0 Å². The van der Waals surface area contributed by atoms with Crippen LogP contribution in [0, 0.1) is 6.92 Å². The average molecular weight is 226 g/mol. The Morgan fingerprint density at radius 1 is 1.00 bits per heavy atom. The van der Waals surface area contributed by atoms with Gasteiger partial charge in [0.25, 0.3) is 0 Å². The fraction of sp³-hybridized carbons (Fsp3) is 0.200. The molecule has 86 valence electrons. The largest absolute Gasteiger partial charge is 0.454 e. The molecule has 0 aliphatic carbocycles. The first kappa shape index (κ1) is 10.2. The number of fused-ring (bicyclic) bond motifs is 1. The molecule has 0 bridgehead atoms. The summed E-state index contributed by atoms with van der Waals surface area (Å²) in [6.45, 7) is 2.45. The third-order valence-electron chi connectivity index (χ3n) is 3.07. The van der Waals surface area contributed by atoms with E-state index in [-0.39, 0.29) is 0 Å². The minimum atomic E-state index is 0.337. The Morgan fingerprint density at radius 2 is 1.71 bits per heavy atom. The molecule has 0 atom stereocenters. The number of hydrogen-bond donors (Lipinski definition) is 0. The molecule has 0 amide bonds. The summed E-state index contributed by atoms with van der Waals surface area (Å²) in [5.74, 6) is 1.72. The summed E-state index contributed by atoms with van der Waals surface area (Å²) in [6.07, 6.45) is 0.934. The zero-order valence-electron chi connectivity index (χ0n) is 9.77. The van der Waals surface area contributed by atoms with Crippen molar-refractivity contribution in [3.8, 4) is 11.5 Å². The lowest BCUT2D eigenvalue weighted by molar-refractivity contribution is 0.174. The van der Waals surface area contributed by atoms with E-state index in [9.17, 15) is 0 Å². The molecule has 1 aliphatic rings. The van der Waals surface area contributed by atoms with Crippen molar-refractivity contribution in [1.82, 2.24) is 0 Å². The van der Waals surface area contributed by atoms with Crippen LogP contribution in [0.5, 0.6) is 11.5 Å². The van der Waals surface area contributed by atoms with Gasteiger partial charge in [0.05, 0.1) is 0 Å². The van der Waals surface area contributed by atoms with Crippen LogP contribution in [0.15, 0.2) is 42.5 Å². The van der Waals surface area contributed by atoms with Gasteiger partial charge < -0.3 is 9.47 Å². The fourth-order valence-corrected chi connectivity index (χ4v) is 2.09. The third-order valence-corrected chi connectivity index (χ3v) is 3.07. The second kappa shape index (κ2) is 4.13. The summed E-state index contributed by atoms with van der Waals surface area (Å²) in [5, 5.41) is 0. The highest BCUT2D eigenvalue weighted by Crippen LogP contribution is 2.35. The first-order valence-corrected chi connectivity index (χ1v) is 5.76. The maximum Gasteiger partial charge on any atom is 0.231 e. The molecule has 0 saturated carbocycles. The van der Waals surface area contributed by atoms with E-state index in [4.69, 9.17) is 9.47 Å². The molecule has 0 saturated heterocycles. The molecule has 2 aromatic rings. The van der Waals surface area contributed by atoms with Crippen molar-refractivity contribution in [3.05, 3.63) is 59.2 Å². The van der Waals surface area contributed by atoms with Crippen molar-refractivity contribution in [2.75, 3.05) is 6.79 Å². The van der Waals surface area contributed by atoms with Crippen molar-refractivity contribution in [3.63, 3.8) is 0 Å². The van der Waals surface area contributed by atoms with Crippen molar-refractivity contribution >= 4 is 0 Å². The highest BCUT2D eigenvalue weighted by Gasteiger charge is 2.15. The van der Waals surface area contributed by atoms with E-state index in [0.717, 1.165) is 17.9 Å². The summed E-state index contributed by atoms with van der Waals surface area (Å²) >= 11 is 0. The summed E-state index contributed by atoms with van der Waals surface area (Å²) in [4.78, 5) is 0. The number of aryl methyl sites for hydroxylation is 1. The van der Waals surface area contributed by atoms with Crippen molar-refractivity contribution in [2.45, 2.75) is 13.3 Å². The number of benzene rings is 2. The second-order valence-electron chi connectivity index (χ2n) is 4.29. The summed E-state index contributed by atoms with van der Waals surface area (Å²) in [5.41, 5.74) is 3.85. The molecule has 0 radical (unpaired) electrons. The molecule has 0 N–H and O–H groups in total. The molecular formula is C15H14O2. The minimum absolute atomic E-state index is 0.337. The molecule has 0 aromatic heterocycles. The van der Waals surface area contributed by atoms with Gasteiger partial charge in [-0.25, -0.2) is 0 Å². The SMILES string of the molecule is Cc1cc2c(cc1Cc1ccccc1)OCO2. The molecule has 2 nitrogen and oxygen atoms in total. The predicted octanol–water partition coefficient (Wildman–Crippen LogP) is 3.31. The van der Waals surface area contributed by atoms with E-state index in [2.05, 4.69) is 43.3 Å². The maximum atomic E-state index is 5.41.